The highest BCUT2D eigenvalue weighted by Crippen LogP contribution is 2.39. The second-order valence-corrected chi connectivity index (χ2v) is 8.55. The molecule has 0 spiro atoms. The Morgan fingerprint density at radius 2 is 1.82 bits per heavy atom. The molecule has 1 aromatic heterocycles. The number of amides is 2. The minimum Gasteiger partial charge on any atom is -0.497 e. The number of hydrogen-bond donors (Lipinski definition) is 1. The Hall–Kier alpha value is -4.17. The molecule has 1 atom stereocenters. The molecule has 0 bridgehead atoms. The summed E-state index contributed by atoms with van der Waals surface area (Å²) < 4.78 is 5.39. The van der Waals surface area contributed by atoms with Crippen LogP contribution in [-0.2, 0) is 4.79 Å². The number of rotatable bonds is 5. The van der Waals surface area contributed by atoms with E-state index in [0.29, 0.717) is 27.8 Å². The van der Waals surface area contributed by atoms with Crippen LogP contribution in [0.25, 0.3) is 0 Å². The predicted octanol–water partition coefficient (Wildman–Crippen LogP) is 5.61. The van der Waals surface area contributed by atoms with Crippen LogP contribution in [0, 0.1) is 0 Å². The largest absolute Gasteiger partial charge is 0.497 e. The van der Waals surface area contributed by atoms with Crippen LogP contribution in [0.15, 0.2) is 84.2 Å². The summed E-state index contributed by atoms with van der Waals surface area (Å²) in [4.78, 5) is 34.2. The van der Waals surface area contributed by atoms with Gasteiger partial charge in [-0.05, 0) is 36.4 Å². The van der Waals surface area contributed by atoms with Crippen molar-refractivity contribution in [1.29, 1.82) is 0 Å². The number of methoxy groups -OCH3 is 1. The van der Waals surface area contributed by atoms with E-state index in [2.05, 4.69) is 5.32 Å². The summed E-state index contributed by atoms with van der Waals surface area (Å²) in [5.74, 6) is 0.358. The van der Waals surface area contributed by atoms with Crippen molar-refractivity contribution in [2.24, 2.45) is 0 Å². The van der Waals surface area contributed by atoms with E-state index in [1.807, 2.05) is 78.2 Å². The molecule has 1 aliphatic rings. The van der Waals surface area contributed by atoms with Crippen LogP contribution in [-0.4, -0.2) is 23.9 Å². The lowest BCUT2D eigenvalue weighted by Gasteiger charge is -2.37. The number of carbonyl (C=O) groups is 2. The number of carbonyl (C=O) groups excluding carboxylic acids is 2. The maximum absolute atomic E-state index is 13.6. The van der Waals surface area contributed by atoms with Gasteiger partial charge in [-0.25, -0.2) is 4.98 Å². The minimum atomic E-state index is -0.566. The summed E-state index contributed by atoms with van der Waals surface area (Å²) in [5, 5.41) is 5.87. The molecule has 1 aliphatic heterocycles. The first kappa shape index (κ1) is 21.7. The summed E-state index contributed by atoms with van der Waals surface area (Å²) in [6.45, 7) is 1.51. The lowest BCUT2D eigenvalue weighted by Crippen LogP contribution is -2.43. The van der Waals surface area contributed by atoms with E-state index in [-0.39, 0.29) is 11.8 Å². The minimum absolute atomic E-state index is 0.144. The molecule has 0 radical (unpaired) electrons. The van der Waals surface area contributed by atoms with Crippen molar-refractivity contribution in [3.63, 3.8) is 0 Å². The monoisotopic (exact) mass is 470 g/mol. The molecule has 2 heterocycles. The first-order valence-electron chi connectivity index (χ1n) is 10.7. The molecule has 0 saturated heterocycles. The molecule has 0 aliphatic carbocycles. The van der Waals surface area contributed by atoms with E-state index < -0.39 is 6.17 Å². The van der Waals surface area contributed by atoms with Gasteiger partial charge in [-0.3, -0.25) is 19.4 Å². The number of thiazole rings is 1. The Balaban J connectivity index is 1.59. The number of aromatic nitrogens is 1. The first-order chi connectivity index (χ1) is 16.6. The van der Waals surface area contributed by atoms with E-state index in [1.54, 1.807) is 23.0 Å². The topological polar surface area (TPSA) is 74.8 Å². The summed E-state index contributed by atoms with van der Waals surface area (Å²) >= 11 is 1.35. The Kier molecular flexibility index (Phi) is 5.73. The quantitative estimate of drug-likeness (QED) is 0.411. The molecule has 1 N–H and O–H groups in total. The molecule has 3 aromatic carbocycles. The second kappa shape index (κ2) is 8.99. The Morgan fingerprint density at radius 3 is 2.59 bits per heavy atom. The van der Waals surface area contributed by atoms with Crippen LogP contribution in [0.1, 0.15) is 29.1 Å². The van der Waals surface area contributed by atoms with Crippen LogP contribution >= 0.6 is 11.3 Å². The number of para-hydroxylation sites is 2. The van der Waals surface area contributed by atoms with Crippen molar-refractivity contribution in [3.8, 4) is 5.75 Å². The summed E-state index contributed by atoms with van der Waals surface area (Å²) in [5.41, 5.74) is 3.35. The highest BCUT2D eigenvalue weighted by molar-refractivity contribution is 7.14. The first-order valence-corrected chi connectivity index (χ1v) is 11.6. The highest BCUT2D eigenvalue weighted by Gasteiger charge is 2.36. The molecule has 2 amide bonds. The molecule has 7 nitrogen and oxygen atoms in total. The SMILES string of the molecule is COc1cccc(N2C(=O)c3ccccc3NC2c2csc(N(C(C)=O)c3ccccc3)n2)c1. The van der Waals surface area contributed by atoms with E-state index >= 15 is 0 Å². The van der Waals surface area contributed by atoms with Crippen LogP contribution in [0.3, 0.4) is 0 Å². The van der Waals surface area contributed by atoms with Gasteiger partial charge in [0.1, 0.15) is 5.75 Å². The standard InChI is InChI=1S/C26H22N4O3S/c1-17(31)29(18-9-4-3-5-10-18)26-28-23(16-34-26)24-27-22-14-7-6-13-21(22)25(32)30(24)19-11-8-12-20(15-19)33-2/h3-16,24,27H,1-2H3. The molecular formula is C26H22N4O3S. The smallest absolute Gasteiger partial charge is 0.262 e. The summed E-state index contributed by atoms with van der Waals surface area (Å²) in [6, 6.07) is 24.1. The summed E-state index contributed by atoms with van der Waals surface area (Å²) in [7, 11) is 1.59. The Morgan fingerprint density at radius 1 is 1.06 bits per heavy atom. The van der Waals surface area contributed by atoms with Gasteiger partial charge in [-0.2, -0.15) is 0 Å². The van der Waals surface area contributed by atoms with Gasteiger partial charge in [0.2, 0.25) is 5.91 Å². The van der Waals surface area contributed by atoms with Gasteiger partial charge in [0, 0.05) is 24.1 Å². The second-order valence-electron chi connectivity index (χ2n) is 7.71. The molecule has 1 unspecified atom stereocenters. The van der Waals surface area contributed by atoms with E-state index in [1.165, 1.54) is 18.3 Å². The fourth-order valence-corrected chi connectivity index (χ4v) is 4.90. The fourth-order valence-electron chi connectivity index (χ4n) is 4.00. The van der Waals surface area contributed by atoms with Crippen molar-refractivity contribution in [1.82, 2.24) is 4.98 Å². The normalized spacial score (nSPS) is 14.8. The van der Waals surface area contributed by atoms with Gasteiger partial charge in [0.05, 0.1) is 29.7 Å². The fraction of sp³-hybridized carbons (Fsp3) is 0.115. The molecule has 5 rings (SSSR count). The van der Waals surface area contributed by atoms with Gasteiger partial charge in [0.25, 0.3) is 5.91 Å². The zero-order valence-electron chi connectivity index (χ0n) is 18.6. The average molecular weight is 471 g/mol. The van der Waals surface area contributed by atoms with Crippen molar-refractivity contribution in [2.45, 2.75) is 13.1 Å². The molecular weight excluding hydrogens is 448 g/mol. The third-order valence-corrected chi connectivity index (χ3v) is 6.41. The zero-order valence-corrected chi connectivity index (χ0v) is 19.5. The van der Waals surface area contributed by atoms with Gasteiger partial charge in [-0.1, -0.05) is 36.4 Å². The molecule has 170 valence electrons. The molecule has 0 saturated carbocycles. The third-order valence-electron chi connectivity index (χ3n) is 5.57. The molecule has 4 aromatic rings. The lowest BCUT2D eigenvalue weighted by atomic mass is 10.1. The summed E-state index contributed by atoms with van der Waals surface area (Å²) in [6.07, 6.45) is -0.566. The van der Waals surface area contributed by atoms with E-state index in [9.17, 15) is 9.59 Å². The van der Waals surface area contributed by atoms with E-state index in [0.717, 1.165) is 11.4 Å². The third kappa shape index (κ3) is 3.88. The number of hydrogen-bond acceptors (Lipinski definition) is 6. The van der Waals surface area contributed by atoms with Gasteiger partial charge in [-0.15, -0.1) is 11.3 Å². The van der Waals surface area contributed by atoms with Crippen molar-refractivity contribution >= 4 is 45.3 Å². The average Bonchev–Trinajstić information content (AvgIpc) is 3.34. The number of fused-ring (bicyclic) bond motifs is 1. The Bertz CT molecular complexity index is 1350. The van der Waals surface area contributed by atoms with Crippen LogP contribution in [0.4, 0.5) is 22.2 Å². The molecule has 0 fully saturated rings. The van der Waals surface area contributed by atoms with Crippen molar-refractivity contribution < 1.29 is 14.3 Å². The predicted molar refractivity (Wildman–Crippen MR) is 134 cm³/mol. The highest BCUT2D eigenvalue weighted by atomic mass is 32.1. The lowest BCUT2D eigenvalue weighted by molar-refractivity contribution is -0.115. The number of nitrogens with zero attached hydrogens (tertiary/aromatic N) is 3. The number of nitrogens with one attached hydrogen (secondary N) is 1. The number of benzene rings is 3. The van der Waals surface area contributed by atoms with Crippen LogP contribution in [0.5, 0.6) is 5.75 Å². The zero-order chi connectivity index (χ0) is 23.7. The van der Waals surface area contributed by atoms with Crippen molar-refractivity contribution in [3.05, 3.63) is 95.5 Å². The maximum Gasteiger partial charge on any atom is 0.262 e. The number of anilines is 4. The van der Waals surface area contributed by atoms with Crippen molar-refractivity contribution in [2.75, 3.05) is 22.2 Å². The Labute approximate surface area is 201 Å². The number of ether oxygens (including phenoxy) is 1. The van der Waals surface area contributed by atoms with Gasteiger partial charge < -0.3 is 10.1 Å². The van der Waals surface area contributed by atoms with Crippen LogP contribution in [0.2, 0.25) is 0 Å². The van der Waals surface area contributed by atoms with Crippen LogP contribution < -0.4 is 19.9 Å². The molecule has 34 heavy (non-hydrogen) atoms. The van der Waals surface area contributed by atoms with Gasteiger partial charge in [0.15, 0.2) is 11.3 Å². The van der Waals surface area contributed by atoms with Gasteiger partial charge >= 0.3 is 0 Å². The molecule has 8 heteroatoms. The maximum atomic E-state index is 13.6. The van der Waals surface area contributed by atoms with E-state index in [4.69, 9.17) is 9.72 Å².